The van der Waals surface area contributed by atoms with Crippen molar-refractivity contribution in [1.29, 1.82) is 0 Å². The number of amides is 3. The van der Waals surface area contributed by atoms with E-state index in [4.69, 9.17) is 0 Å². The Hall–Kier alpha value is -3.09. The molecule has 4 saturated carbocycles. The zero-order valence-electron chi connectivity index (χ0n) is 32.2. The van der Waals surface area contributed by atoms with E-state index in [1.807, 2.05) is 17.0 Å². The number of aromatic carboxylic acids is 1. The Morgan fingerprint density at radius 3 is 2.35 bits per heavy atom. The van der Waals surface area contributed by atoms with Crippen LogP contribution in [-0.4, -0.2) is 53.1 Å². The Labute approximate surface area is 306 Å². The maximum atomic E-state index is 13.6. The van der Waals surface area contributed by atoms with Gasteiger partial charge in [0.05, 0.1) is 5.56 Å². The van der Waals surface area contributed by atoms with E-state index in [1.54, 1.807) is 12.1 Å². The van der Waals surface area contributed by atoms with Crippen molar-refractivity contribution >= 4 is 23.5 Å². The molecule has 0 aromatic heterocycles. The summed E-state index contributed by atoms with van der Waals surface area (Å²) in [6, 6.07) is 7.49. The molecule has 0 bridgehead atoms. The van der Waals surface area contributed by atoms with E-state index in [0.717, 1.165) is 63.6 Å². The molecule has 1 aromatic carbocycles. The van der Waals surface area contributed by atoms with Crippen LogP contribution in [0.3, 0.4) is 0 Å². The van der Waals surface area contributed by atoms with E-state index >= 15 is 0 Å². The first-order valence-corrected chi connectivity index (χ1v) is 20.1. The third kappa shape index (κ3) is 5.61. The van der Waals surface area contributed by atoms with Crippen LogP contribution in [0.1, 0.15) is 135 Å². The molecule has 1 aromatic rings. The summed E-state index contributed by atoms with van der Waals surface area (Å²) in [4.78, 5) is 39.1. The molecule has 0 spiro atoms. The SMILES string of the molecule is C=C(C)C1CCC2(NC(=O)NCCCN3CCCC3=O)CCC3(C)C(CCC4C5(C)CC=C(c6ccc(C(=O)O)cc6)C(C)(C)C5CCC43C)C12. The summed E-state index contributed by atoms with van der Waals surface area (Å²) >= 11 is 0. The molecule has 7 heteroatoms. The standard InChI is InChI=1S/C44H63N3O4/c1-28(2)31-17-22-44(46-39(51)45-25-9-27-47-26-8-10-36(47)48)24-23-42(6)33(37(31)44)15-16-35-41(5)20-18-32(29-11-13-30(14-12-29)38(49)50)40(3,4)34(41)19-21-43(35,42)7/h11-14,18,31,33-35,37H,1,8-10,15-17,19-27H2,2-7H3,(H,49,50)(H2,45,46,51). The molecule has 278 valence electrons. The zero-order chi connectivity index (χ0) is 36.6. The molecule has 51 heavy (non-hydrogen) atoms. The number of nitrogens with zero attached hydrogens (tertiary/aromatic N) is 1. The fourth-order valence-corrected chi connectivity index (χ4v) is 13.9. The fraction of sp³-hybridized carbons (Fsp3) is 0.705. The van der Waals surface area contributed by atoms with Gasteiger partial charge in [0.2, 0.25) is 5.91 Å². The molecule has 0 radical (unpaired) electrons. The molecule has 9 atom stereocenters. The molecule has 1 aliphatic heterocycles. The van der Waals surface area contributed by atoms with Gasteiger partial charge in [-0.15, -0.1) is 0 Å². The van der Waals surface area contributed by atoms with Crippen LogP contribution in [0.4, 0.5) is 4.79 Å². The average molecular weight is 698 g/mol. The highest BCUT2D eigenvalue weighted by molar-refractivity contribution is 5.88. The molecule has 7 nitrogen and oxygen atoms in total. The summed E-state index contributed by atoms with van der Waals surface area (Å²) in [7, 11) is 0. The Morgan fingerprint density at radius 2 is 1.69 bits per heavy atom. The second-order valence-electron chi connectivity index (χ2n) is 19.0. The van der Waals surface area contributed by atoms with Gasteiger partial charge in [-0.25, -0.2) is 9.59 Å². The summed E-state index contributed by atoms with van der Waals surface area (Å²) in [6.07, 6.45) is 15.1. The molecule has 6 aliphatic rings. The van der Waals surface area contributed by atoms with Gasteiger partial charge in [0, 0.05) is 31.6 Å². The number of nitrogens with one attached hydrogen (secondary N) is 2. The summed E-state index contributed by atoms with van der Waals surface area (Å²) in [5.41, 5.74) is 4.49. The van der Waals surface area contributed by atoms with E-state index in [2.05, 4.69) is 64.8 Å². The third-order valence-corrected chi connectivity index (χ3v) is 16.5. The van der Waals surface area contributed by atoms with Crippen LogP contribution < -0.4 is 10.6 Å². The molecule has 5 aliphatic carbocycles. The minimum absolute atomic E-state index is 0.0175. The second-order valence-corrected chi connectivity index (χ2v) is 19.0. The van der Waals surface area contributed by atoms with Crippen molar-refractivity contribution in [2.45, 2.75) is 124 Å². The van der Waals surface area contributed by atoms with Gasteiger partial charge in [0.1, 0.15) is 0 Å². The number of carbonyl (C=O) groups excluding carboxylic acids is 2. The lowest BCUT2D eigenvalue weighted by Crippen LogP contribution is -2.68. The number of fused-ring (bicyclic) bond motifs is 7. The van der Waals surface area contributed by atoms with Gasteiger partial charge in [0.25, 0.3) is 0 Å². The molecule has 3 amide bonds. The van der Waals surface area contributed by atoms with Gasteiger partial charge in [-0.3, -0.25) is 4.79 Å². The summed E-state index contributed by atoms with van der Waals surface area (Å²) in [5, 5.41) is 16.3. The maximum Gasteiger partial charge on any atom is 0.335 e. The molecular weight excluding hydrogens is 635 g/mol. The van der Waals surface area contributed by atoms with Gasteiger partial charge in [-0.05, 0) is 152 Å². The molecule has 7 rings (SSSR count). The lowest BCUT2D eigenvalue weighted by molar-refractivity contribution is -0.218. The normalized spacial score (nSPS) is 39.6. The predicted molar refractivity (Wildman–Crippen MR) is 203 cm³/mol. The van der Waals surface area contributed by atoms with E-state index in [9.17, 15) is 19.5 Å². The van der Waals surface area contributed by atoms with Crippen LogP contribution >= 0.6 is 0 Å². The Morgan fingerprint density at radius 1 is 0.941 bits per heavy atom. The second kappa shape index (κ2) is 12.8. The van der Waals surface area contributed by atoms with Gasteiger partial charge in [-0.1, -0.05) is 65.0 Å². The van der Waals surface area contributed by atoms with Crippen LogP contribution in [0.5, 0.6) is 0 Å². The summed E-state index contributed by atoms with van der Waals surface area (Å²) in [5.74, 6) is 1.89. The largest absolute Gasteiger partial charge is 0.478 e. The van der Waals surface area contributed by atoms with Crippen molar-refractivity contribution in [3.8, 4) is 0 Å². The van der Waals surface area contributed by atoms with Crippen molar-refractivity contribution in [2.75, 3.05) is 19.6 Å². The van der Waals surface area contributed by atoms with Crippen molar-refractivity contribution in [3.05, 3.63) is 53.6 Å². The first-order valence-electron chi connectivity index (χ1n) is 20.1. The highest BCUT2D eigenvalue weighted by Crippen LogP contribution is 2.76. The number of rotatable bonds is 8. The van der Waals surface area contributed by atoms with Gasteiger partial charge in [-0.2, -0.15) is 0 Å². The van der Waals surface area contributed by atoms with Crippen LogP contribution in [0.25, 0.3) is 5.57 Å². The van der Waals surface area contributed by atoms with Crippen molar-refractivity contribution in [3.63, 3.8) is 0 Å². The Kier molecular flexibility index (Phi) is 9.10. The Balaban J connectivity index is 1.12. The molecule has 9 unspecified atom stereocenters. The van der Waals surface area contributed by atoms with E-state index in [1.165, 1.54) is 36.8 Å². The number of carbonyl (C=O) groups is 3. The van der Waals surface area contributed by atoms with Gasteiger partial charge < -0.3 is 20.6 Å². The smallest absolute Gasteiger partial charge is 0.335 e. The highest BCUT2D eigenvalue weighted by atomic mass is 16.4. The monoisotopic (exact) mass is 697 g/mol. The number of hydrogen-bond donors (Lipinski definition) is 3. The Bertz CT molecular complexity index is 1610. The fourth-order valence-electron chi connectivity index (χ4n) is 13.9. The molecule has 5 fully saturated rings. The summed E-state index contributed by atoms with van der Waals surface area (Å²) in [6.45, 7) is 21.7. The third-order valence-electron chi connectivity index (χ3n) is 16.5. The van der Waals surface area contributed by atoms with Crippen molar-refractivity contribution in [2.24, 2.45) is 51.2 Å². The van der Waals surface area contributed by atoms with Gasteiger partial charge >= 0.3 is 12.0 Å². The quantitative estimate of drug-likeness (QED) is 0.186. The van der Waals surface area contributed by atoms with Crippen molar-refractivity contribution < 1.29 is 19.5 Å². The lowest BCUT2D eigenvalue weighted by atomic mass is 9.33. The van der Waals surface area contributed by atoms with Crippen LogP contribution in [-0.2, 0) is 4.79 Å². The zero-order valence-corrected chi connectivity index (χ0v) is 32.2. The van der Waals surface area contributed by atoms with Crippen LogP contribution in [0.2, 0.25) is 0 Å². The van der Waals surface area contributed by atoms with Crippen LogP contribution in [0.15, 0.2) is 42.5 Å². The number of allylic oxidation sites excluding steroid dienone is 3. The van der Waals surface area contributed by atoms with E-state index < -0.39 is 5.97 Å². The first-order chi connectivity index (χ1) is 24.1. The number of carboxylic acids is 1. The number of urea groups is 1. The average Bonchev–Trinajstić information content (AvgIpc) is 3.66. The summed E-state index contributed by atoms with van der Waals surface area (Å²) < 4.78 is 0. The number of hydrogen-bond acceptors (Lipinski definition) is 3. The lowest BCUT2D eigenvalue weighted by Gasteiger charge is -2.72. The molecule has 1 saturated heterocycles. The number of likely N-dealkylation sites (tertiary alicyclic amines) is 1. The molecule has 3 N–H and O–H groups in total. The molecule has 1 heterocycles. The van der Waals surface area contributed by atoms with Gasteiger partial charge in [0.15, 0.2) is 0 Å². The number of carboxylic acid groups (broad SMARTS) is 1. The predicted octanol–water partition coefficient (Wildman–Crippen LogP) is 9.10. The highest BCUT2D eigenvalue weighted by Gasteiger charge is 2.70. The number of benzene rings is 1. The topological polar surface area (TPSA) is 98.7 Å². The maximum absolute atomic E-state index is 13.6. The minimum Gasteiger partial charge on any atom is -0.478 e. The molecular formula is C44H63N3O4. The van der Waals surface area contributed by atoms with Crippen molar-refractivity contribution in [1.82, 2.24) is 15.5 Å². The minimum atomic E-state index is -0.879. The van der Waals surface area contributed by atoms with Crippen LogP contribution in [0, 0.1) is 51.2 Å². The van der Waals surface area contributed by atoms with E-state index in [-0.39, 0.29) is 39.1 Å². The van der Waals surface area contributed by atoms with E-state index in [0.29, 0.717) is 48.1 Å². The first kappa shape index (κ1) is 36.3.